The van der Waals surface area contributed by atoms with Crippen molar-refractivity contribution in [2.24, 2.45) is 0 Å². The van der Waals surface area contributed by atoms with Gasteiger partial charge in [-0.15, -0.1) is 0 Å². The van der Waals surface area contributed by atoms with Gasteiger partial charge in [-0.2, -0.15) is 9.97 Å². The highest BCUT2D eigenvalue weighted by molar-refractivity contribution is 5.51. The quantitative estimate of drug-likeness (QED) is 0.713. The Hall–Kier alpha value is -1.56. The van der Waals surface area contributed by atoms with Crippen LogP contribution in [0.25, 0.3) is 0 Å². The van der Waals surface area contributed by atoms with Gasteiger partial charge in [0.2, 0.25) is 5.95 Å². The molecule has 0 aliphatic carbocycles. The van der Waals surface area contributed by atoms with Crippen LogP contribution >= 0.6 is 0 Å². The number of anilines is 3. The number of rotatable bonds is 3. The average Bonchev–Trinajstić information content (AvgIpc) is 2.28. The molecule has 2 heterocycles. The van der Waals surface area contributed by atoms with Crippen molar-refractivity contribution in [3.8, 4) is 0 Å². The van der Waals surface area contributed by atoms with Gasteiger partial charge < -0.3 is 21.3 Å². The summed E-state index contributed by atoms with van der Waals surface area (Å²) in [5, 5.41) is 6.39. The van der Waals surface area contributed by atoms with Crippen LogP contribution in [0.3, 0.4) is 0 Å². The second-order valence-corrected chi connectivity index (χ2v) is 4.49. The minimum Gasteiger partial charge on any atom is -0.373 e. The summed E-state index contributed by atoms with van der Waals surface area (Å²) in [6, 6.07) is 2.32. The number of likely N-dealkylation sites (tertiary alicyclic amines) is 1. The minimum atomic E-state index is 0.295. The van der Waals surface area contributed by atoms with E-state index in [2.05, 4.69) is 32.5 Å². The molecule has 1 unspecified atom stereocenters. The van der Waals surface area contributed by atoms with Crippen LogP contribution in [0, 0.1) is 0 Å². The van der Waals surface area contributed by atoms with E-state index in [1.807, 2.05) is 13.1 Å². The smallest absolute Gasteiger partial charge is 0.223 e. The molecular formula is C11H20N6. The highest BCUT2D eigenvalue weighted by atomic mass is 15.2. The fourth-order valence-corrected chi connectivity index (χ4v) is 2.16. The summed E-state index contributed by atoms with van der Waals surface area (Å²) in [7, 11) is 3.96. The molecule has 4 N–H and O–H groups in total. The van der Waals surface area contributed by atoms with E-state index in [9.17, 15) is 0 Å². The molecule has 0 amide bonds. The molecule has 1 aromatic heterocycles. The molecular weight excluding hydrogens is 216 g/mol. The van der Waals surface area contributed by atoms with E-state index in [1.54, 1.807) is 0 Å². The van der Waals surface area contributed by atoms with Crippen LogP contribution in [-0.2, 0) is 0 Å². The molecule has 1 aliphatic heterocycles. The van der Waals surface area contributed by atoms with E-state index in [0.717, 1.165) is 18.2 Å². The molecule has 1 aromatic rings. The Balaban J connectivity index is 2.04. The Labute approximate surface area is 102 Å². The molecule has 6 nitrogen and oxygen atoms in total. The van der Waals surface area contributed by atoms with Crippen molar-refractivity contribution in [3.63, 3.8) is 0 Å². The number of nitrogens with two attached hydrogens (primary N) is 1. The largest absolute Gasteiger partial charge is 0.373 e. The zero-order valence-electron chi connectivity index (χ0n) is 10.4. The second-order valence-electron chi connectivity index (χ2n) is 4.49. The summed E-state index contributed by atoms with van der Waals surface area (Å²) in [6.45, 7) is 2.21. The van der Waals surface area contributed by atoms with E-state index in [4.69, 9.17) is 5.73 Å². The third-order valence-corrected chi connectivity index (χ3v) is 2.98. The molecule has 6 heteroatoms. The lowest BCUT2D eigenvalue weighted by molar-refractivity contribution is 0.261. The number of hydrogen-bond acceptors (Lipinski definition) is 6. The van der Waals surface area contributed by atoms with Crippen molar-refractivity contribution in [2.45, 2.75) is 18.9 Å². The number of nitrogens with one attached hydrogen (secondary N) is 2. The molecule has 0 spiro atoms. The van der Waals surface area contributed by atoms with Crippen molar-refractivity contribution < 1.29 is 0 Å². The van der Waals surface area contributed by atoms with E-state index in [-0.39, 0.29) is 0 Å². The summed E-state index contributed by atoms with van der Waals surface area (Å²) in [5.41, 5.74) is 5.65. The average molecular weight is 236 g/mol. The second kappa shape index (κ2) is 5.18. The van der Waals surface area contributed by atoms with E-state index < -0.39 is 0 Å². The van der Waals surface area contributed by atoms with Gasteiger partial charge in [-0.3, -0.25) is 0 Å². The number of likely N-dealkylation sites (N-methyl/N-ethyl adjacent to an activating group) is 1. The summed E-state index contributed by atoms with van der Waals surface area (Å²) >= 11 is 0. The first-order valence-corrected chi connectivity index (χ1v) is 5.95. The fourth-order valence-electron chi connectivity index (χ4n) is 2.16. The zero-order valence-corrected chi connectivity index (χ0v) is 10.4. The fraction of sp³-hybridized carbons (Fsp3) is 0.636. The van der Waals surface area contributed by atoms with Gasteiger partial charge in [0.25, 0.3) is 0 Å². The molecule has 1 saturated heterocycles. The third-order valence-electron chi connectivity index (χ3n) is 2.98. The van der Waals surface area contributed by atoms with Gasteiger partial charge in [0, 0.05) is 25.7 Å². The van der Waals surface area contributed by atoms with Crippen LogP contribution in [0.5, 0.6) is 0 Å². The first kappa shape index (κ1) is 11.9. The summed E-state index contributed by atoms with van der Waals surface area (Å²) in [5.74, 6) is 1.83. The normalized spacial score (nSPS) is 21.2. The molecule has 1 fully saturated rings. The van der Waals surface area contributed by atoms with Crippen LogP contribution in [-0.4, -0.2) is 48.1 Å². The zero-order chi connectivity index (χ0) is 12.3. The Bertz CT molecular complexity index is 380. The van der Waals surface area contributed by atoms with Crippen molar-refractivity contribution in [1.29, 1.82) is 0 Å². The predicted octanol–water partition coefficient (Wildman–Crippen LogP) is 0.607. The molecule has 1 aliphatic rings. The van der Waals surface area contributed by atoms with E-state index in [1.165, 1.54) is 19.4 Å². The van der Waals surface area contributed by atoms with Crippen molar-refractivity contribution in [2.75, 3.05) is 43.6 Å². The van der Waals surface area contributed by atoms with Crippen LogP contribution in [0.4, 0.5) is 17.6 Å². The van der Waals surface area contributed by atoms with E-state index in [0.29, 0.717) is 12.0 Å². The third kappa shape index (κ3) is 3.20. The summed E-state index contributed by atoms with van der Waals surface area (Å²) in [6.07, 6.45) is 2.39. The summed E-state index contributed by atoms with van der Waals surface area (Å²) < 4.78 is 0. The standard InChI is InChI=1S/C11H20N6/c1-13-9-6-10(16-11(12)15-9)14-8-4-3-5-17(2)7-8/h6,8H,3-5,7H2,1-2H3,(H4,12,13,14,15,16). The van der Waals surface area contributed by atoms with Gasteiger partial charge in [0.15, 0.2) is 0 Å². The molecule has 0 bridgehead atoms. The number of aromatic nitrogens is 2. The Morgan fingerprint density at radius 2 is 2.18 bits per heavy atom. The highest BCUT2D eigenvalue weighted by Gasteiger charge is 2.17. The molecule has 1 atom stereocenters. The number of nitrogens with zero attached hydrogens (tertiary/aromatic N) is 3. The monoisotopic (exact) mass is 236 g/mol. The highest BCUT2D eigenvalue weighted by Crippen LogP contribution is 2.16. The summed E-state index contributed by atoms with van der Waals surface area (Å²) in [4.78, 5) is 10.6. The Kier molecular flexibility index (Phi) is 3.63. The van der Waals surface area contributed by atoms with Crippen molar-refractivity contribution >= 4 is 17.6 Å². The van der Waals surface area contributed by atoms with Gasteiger partial charge in [-0.1, -0.05) is 0 Å². The molecule has 0 saturated carbocycles. The molecule has 0 aromatic carbocycles. The number of nitrogen functional groups attached to an aromatic ring is 1. The van der Waals surface area contributed by atoms with Gasteiger partial charge in [-0.25, -0.2) is 0 Å². The van der Waals surface area contributed by atoms with Gasteiger partial charge in [0.1, 0.15) is 11.6 Å². The van der Waals surface area contributed by atoms with Crippen molar-refractivity contribution in [1.82, 2.24) is 14.9 Å². The topological polar surface area (TPSA) is 79.1 Å². The number of piperidine rings is 1. The lowest BCUT2D eigenvalue weighted by Crippen LogP contribution is -2.39. The van der Waals surface area contributed by atoms with E-state index >= 15 is 0 Å². The van der Waals surface area contributed by atoms with Crippen LogP contribution in [0.15, 0.2) is 6.07 Å². The first-order valence-electron chi connectivity index (χ1n) is 5.95. The van der Waals surface area contributed by atoms with Gasteiger partial charge in [-0.05, 0) is 26.4 Å². The molecule has 17 heavy (non-hydrogen) atoms. The lowest BCUT2D eigenvalue weighted by Gasteiger charge is -2.30. The van der Waals surface area contributed by atoms with Gasteiger partial charge in [0.05, 0.1) is 0 Å². The van der Waals surface area contributed by atoms with Crippen LogP contribution in [0.2, 0.25) is 0 Å². The molecule has 94 valence electrons. The predicted molar refractivity (Wildman–Crippen MR) is 70.1 cm³/mol. The molecule has 2 rings (SSSR count). The SMILES string of the molecule is CNc1cc(NC2CCCN(C)C2)nc(N)n1. The van der Waals surface area contributed by atoms with Gasteiger partial charge >= 0.3 is 0 Å². The Morgan fingerprint density at radius 3 is 2.88 bits per heavy atom. The maximum Gasteiger partial charge on any atom is 0.223 e. The Morgan fingerprint density at radius 1 is 1.41 bits per heavy atom. The maximum atomic E-state index is 5.65. The minimum absolute atomic E-state index is 0.295. The molecule has 0 radical (unpaired) electrons. The lowest BCUT2D eigenvalue weighted by atomic mass is 10.1. The van der Waals surface area contributed by atoms with Crippen LogP contribution in [0.1, 0.15) is 12.8 Å². The van der Waals surface area contributed by atoms with Crippen LogP contribution < -0.4 is 16.4 Å². The number of hydrogen-bond donors (Lipinski definition) is 3. The first-order chi connectivity index (χ1) is 8.17. The maximum absolute atomic E-state index is 5.65. The van der Waals surface area contributed by atoms with Crippen molar-refractivity contribution in [3.05, 3.63) is 6.07 Å².